The van der Waals surface area contributed by atoms with E-state index in [1.165, 1.54) is 11.8 Å². The fourth-order valence-corrected chi connectivity index (χ4v) is 3.36. The first kappa shape index (κ1) is 19.7. The van der Waals surface area contributed by atoms with Gasteiger partial charge in [-0.3, -0.25) is 4.79 Å². The van der Waals surface area contributed by atoms with Gasteiger partial charge in [0.05, 0.1) is 25.2 Å². The molecular formula is C19H21N5O3S. The number of nitrogens with zero attached hydrogens (tertiary/aromatic N) is 4. The van der Waals surface area contributed by atoms with Crippen LogP contribution >= 0.6 is 11.8 Å². The van der Waals surface area contributed by atoms with Gasteiger partial charge in [-0.1, -0.05) is 30.0 Å². The largest absolute Gasteiger partial charge is 0.497 e. The Labute approximate surface area is 167 Å². The van der Waals surface area contributed by atoms with E-state index >= 15 is 0 Å². The first-order valence-corrected chi connectivity index (χ1v) is 9.49. The van der Waals surface area contributed by atoms with Gasteiger partial charge in [0.15, 0.2) is 0 Å². The maximum absolute atomic E-state index is 12.5. The summed E-state index contributed by atoms with van der Waals surface area (Å²) in [6, 6.07) is 14.9. The minimum absolute atomic E-state index is 0.111. The topological polar surface area (TPSA) is 91.2 Å². The molecule has 146 valence electrons. The molecule has 0 spiro atoms. The van der Waals surface area contributed by atoms with Crippen LogP contribution in [0.5, 0.6) is 11.5 Å². The Hall–Kier alpha value is -3.07. The van der Waals surface area contributed by atoms with Crippen LogP contribution < -0.4 is 14.8 Å². The molecule has 0 saturated carbocycles. The lowest BCUT2D eigenvalue weighted by Gasteiger charge is -2.13. The highest BCUT2D eigenvalue weighted by molar-refractivity contribution is 8.00. The van der Waals surface area contributed by atoms with Crippen molar-refractivity contribution in [2.24, 2.45) is 0 Å². The molecule has 1 aromatic heterocycles. The molecular weight excluding hydrogens is 378 g/mol. The van der Waals surface area contributed by atoms with Crippen molar-refractivity contribution in [2.45, 2.75) is 23.9 Å². The summed E-state index contributed by atoms with van der Waals surface area (Å²) in [5, 5.41) is 14.9. The third kappa shape index (κ3) is 4.61. The Balaban J connectivity index is 1.63. The average Bonchev–Trinajstić information content (AvgIpc) is 3.20. The average molecular weight is 399 g/mol. The maximum Gasteiger partial charge on any atom is 0.233 e. The maximum atomic E-state index is 12.5. The molecule has 3 aromatic rings. The second kappa shape index (κ2) is 9.23. The summed E-state index contributed by atoms with van der Waals surface area (Å²) in [5.74, 6) is 1.38. The van der Waals surface area contributed by atoms with E-state index in [2.05, 4.69) is 20.8 Å². The fraction of sp³-hybridized carbons (Fsp3) is 0.263. The predicted octanol–water partition coefficient (Wildman–Crippen LogP) is 2.48. The second-order valence-electron chi connectivity index (χ2n) is 5.86. The molecule has 0 aliphatic carbocycles. The Morgan fingerprint density at radius 2 is 1.89 bits per heavy atom. The molecule has 0 aliphatic rings. The summed E-state index contributed by atoms with van der Waals surface area (Å²) in [7, 11) is 3.22. The number of thioether (sulfide) groups is 1. The third-order valence-corrected chi connectivity index (χ3v) is 5.09. The minimum Gasteiger partial charge on any atom is -0.497 e. The molecule has 1 amide bonds. The van der Waals surface area contributed by atoms with Gasteiger partial charge in [-0.15, -0.1) is 5.10 Å². The number of hydrogen-bond acceptors (Lipinski definition) is 7. The minimum atomic E-state index is -0.377. The summed E-state index contributed by atoms with van der Waals surface area (Å²) < 4.78 is 12.1. The highest BCUT2D eigenvalue weighted by Crippen LogP contribution is 2.24. The Bertz CT molecular complexity index is 929. The molecule has 3 rings (SSSR count). The van der Waals surface area contributed by atoms with E-state index < -0.39 is 0 Å². The summed E-state index contributed by atoms with van der Waals surface area (Å²) in [4.78, 5) is 12.5. The Morgan fingerprint density at radius 1 is 1.14 bits per heavy atom. The summed E-state index contributed by atoms with van der Waals surface area (Å²) in [6.45, 7) is 2.20. The molecule has 9 heteroatoms. The van der Waals surface area contributed by atoms with E-state index in [1.807, 2.05) is 55.5 Å². The predicted molar refractivity (Wildman–Crippen MR) is 106 cm³/mol. The third-order valence-electron chi connectivity index (χ3n) is 4.05. The van der Waals surface area contributed by atoms with Gasteiger partial charge in [0.1, 0.15) is 11.5 Å². The molecule has 0 aliphatic heterocycles. The SMILES string of the molecule is COc1ccc(-n2nnnc2S[C@@H](C)C(=O)NCc2ccccc2OC)cc1. The van der Waals surface area contributed by atoms with Gasteiger partial charge in [-0.25, -0.2) is 0 Å². The van der Waals surface area contributed by atoms with Crippen molar-refractivity contribution in [3.05, 3.63) is 54.1 Å². The zero-order valence-corrected chi connectivity index (χ0v) is 16.6. The van der Waals surface area contributed by atoms with Crippen molar-refractivity contribution in [1.29, 1.82) is 0 Å². The number of aromatic nitrogens is 4. The van der Waals surface area contributed by atoms with Crippen molar-refractivity contribution in [1.82, 2.24) is 25.5 Å². The van der Waals surface area contributed by atoms with Gasteiger partial charge >= 0.3 is 0 Å². The number of carbonyl (C=O) groups is 1. The molecule has 1 atom stereocenters. The Kier molecular flexibility index (Phi) is 6.49. The van der Waals surface area contributed by atoms with Crippen LogP contribution in [0, 0.1) is 0 Å². The van der Waals surface area contributed by atoms with Crippen LogP contribution in [-0.4, -0.2) is 45.6 Å². The van der Waals surface area contributed by atoms with Crippen LogP contribution in [-0.2, 0) is 11.3 Å². The standard InChI is InChI=1S/C19H21N5O3S/c1-13(18(25)20-12-14-6-4-5-7-17(14)27-3)28-19-21-22-23-24(19)15-8-10-16(26-2)11-9-15/h4-11,13H,12H2,1-3H3,(H,20,25)/t13-/m0/s1. The number of hydrogen-bond donors (Lipinski definition) is 1. The molecule has 0 bridgehead atoms. The first-order chi connectivity index (χ1) is 13.6. The number of methoxy groups -OCH3 is 2. The van der Waals surface area contributed by atoms with Crippen molar-refractivity contribution < 1.29 is 14.3 Å². The van der Waals surface area contributed by atoms with E-state index in [-0.39, 0.29) is 11.2 Å². The molecule has 8 nitrogen and oxygen atoms in total. The molecule has 1 heterocycles. The molecule has 0 saturated heterocycles. The smallest absolute Gasteiger partial charge is 0.233 e. The van der Waals surface area contributed by atoms with Crippen LogP contribution in [0.1, 0.15) is 12.5 Å². The number of rotatable bonds is 8. The lowest BCUT2D eigenvalue weighted by atomic mass is 10.2. The van der Waals surface area contributed by atoms with E-state index in [9.17, 15) is 4.79 Å². The van der Waals surface area contributed by atoms with Crippen LogP contribution in [0.2, 0.25) is 0 Å². The van der Waals surface area contributed by atoms with Gasteiger partial charge < -0.3 is 14.8 Å². The van der Waals surface area contributed by atoms with Crippen molar-refractivity contribution >= 4 is 17.7 Å². The quantitative estimate of drug-likeness (QED) is 0.582. The van der Waals surface area contributed by atoms with E-state index in [1.54, 1.807) is 18.9 Å². The monoisotopic (exact) mass is 399 g/mol. The van der Waals surface area contributed by atoms with Crippen LogP contribution in [0.4, 0.5) is 0 Å². The molecule has 28 heavy (non-hydrogen) atoms. The summed E-state index contributed by atoms with van der Waals surface area (Å²) >= 11 is 1.29. The number of benzene rings is 2. The number of nitrogens with one attached hydrogen (secondary N) is 1. The first-order valence-electron chi connectivity index (χ1n) is 8.61. The number of carbonyl (C=O) groups excluding carboxylic acids is 1. The fourth-order valence-electron chi connectivity index (χ4n) is 2.52. The van der Waals surface area contributed by atoms with Crippen LogP contribution in [0.25, 0.3) is 5.69 Å². The molecule has 1 N–H and O–H groups in total. The number of para-hydroxylation sites is 1. The number of amides is 1. The molecule has 0 radical (unpaired) electrons. The van der Waals surface area contributed by atoms with Gasteiger partial charge in [0.2, 0.25) is 11.1 Å². The van der Waals surface area contributed by atoms with E-state index in [0.29, 0.717) is 11.7 Å². The highest BCUT2D eigenvalue weighted by atomic mass is 32.2. The van der Waals surface area contributed by atoms with Gasteiger partial charge in [0.25, 0.3) is 0 Å². The zero-order chi connectivity index (χ0) is 19.9. The van der Waals surface area contributed by atoms with Crippen LogP contribution in [0.15, 0.2) is 53.7 Å². The lowest BCUT2D eigenvalue weighted by Crippen LogP contribution is -2.30. The van der Waals surface area contributed by atoms with E-state index in [4.69, 9.17) is 9.47 Å². The van der Waals surface area contributed by atoms with Crippen molar-refractivity contribution in [3.8, 4) is 17.2 Å². The van der Waals surface area contributed by atoms with Crippen molar-refractivity contribution in [3.63, 3.8) is 0 Å². The van der Waals surface area contributed by atoms with Crippen LogP contribution in [0.3, 0.4) is 0 Å². The molecule has 0 unspecified atom stereocenters. The number of tetrazole rings is 1. The zero-order valence-electron chi connectivity index (χ0n) is 15.8. The van der Waals surface area contributed by atoms with Gasteiger partial charge in [-0.05, 0) is 47.7 Å². The van der Waals surface area contributed by atoms with Gasteiger partial charge in [0, 0.05) is 12.1 Å². The van der Waals surface area contributed by atoms with Gasteiger partial charge in [-0.2, -0.15) is 4.68 Å². The molecule has 2 aromatic carbocycles. The normalized spacial score (nSPS) is 11.7. The number of ether oxygens (including phenoxy) is 2. The second-order valence-corrected chi connectivity index (χ2v) is 7.17. The summed E-state index contributed by atoms with van der Waals surface area (Å²) in [5.41, 5.74) is 1.70. The van der Waals surface area contributed by atoms with E-state index in [0.717, 1.165) is 22.7 Å². The summed E-state index contributed by atoms with van der Waals surface area (Å²) in [6.07, 6.45) is 0. The van der Waals surface area contributed by atoms with Crippen molar-refractivity contribution in [2.75, 3.05) is 14.2 Å². The molecule has 0 fully saturated rings. The Morgan fingerprint density at radius 3 is 2.61 bits per heavy atom. The highest BCUT2D eigenvalue weighted by Gasteiger charge is 2.19. The lowest BCUT2D eigenvalue weighted by molar-refractivity contribution is -0.120.